The van der Waals surface area contributed by atoms with Crippen LogP contribution in [0.1, 0.15) is 20.8 Å². The van der Waals surface area contributed by atoms with E-state index in [1.165, 1.54) is 11.3 Å². The average Bonchev–Trinajstić information content (AvgIpc) is 3.11. The molecule has 1 saturated heterocycles. The van der Waals surface area contributed by atoms with Gasteiger partial charge in [-0.05, 0) is 36.2 Å². The molecule has 0 radical (unpaired) electrons. The molecule has 2 aromatic rings. The van der Waals surface area contributed by atoms with Crippen LogP contribution in [-0.4, -0.2) is 73.1 Å². The van der Waals surface area contributed by atoms with Crippen LogP contribution in [0.4, 0.5) is 10.7 Å². The van der Waals surface area contributed by atoms with E-state index in [9.17, 15) is 9.90 Å². The predicted molar refractivity (Wildman–Crippen MR) is 124 cm³/mol. The van der Waals surface area contributed by atoms with Crippen molar-refractivity contribution in [2.45, 2.75) is 19.3 Å². The molecule has 2 aliphatic rings. The van der Waals surface area contributed by atoms with Gasteiger partial charge in [-0.2, -0.15) is 0 Å². The third-order valence-electron chi connectivity index (χ3n) is 5.63. The summed E-state index contributed by atoms with van der Waals surface area (Å²) < 4.78 is 5.41. The summed E-state index contributed by atoms with van der Waals surface area (Å²) in [5, 5.41) is 17.6. The third-order valence-corrected chi connectivity index (χ3v) is 7.03. The van der Waals surface area contributed by atoms with Gasteiger partial charge in [-0.3, -0.25) is 14.6 Å². The first-order valence-electron chi connectivity index (χ1n) is 10.4. The van der Waals surface area contributed by atoms with E-state index in [2.05, 4.69) is 20.4 Å². The number of fused-ring (bicyclic) bond motifs is 1. The Hall–Kier alpha value is -1.88. The molecular weight excluding hydrogens is 438 g/mol. The van der Waals surface area contributed by atoms with Crippen molar-refractivity contribution in [2.75, 3.05) is 56.6 Å². The Bertz CT molecular complexity index is 901. The maximum Gasteiger partial charge on any atom is 0.251 e. The van der Waals surface area contributed by atoms with Crippen molar-refractivity contribution in [2.24, 2.45) is 5.73 Å². The van der Waals surface area contributed by atoms with Crippen molar-refractivity contribution < 1.29 is 14.6 Å². The van der Waals surface area contributed by atoms with Crippen molar-refractivity contribution >= 4 is 39.5 Å². The number of hydrogen-bond acceptors (Lipinski definition) is 8. The molecule has 0 aliphatic carbocycles. The fraction of sp³-hybridized carbons (Fsp3) is 0.476. The lowest BCUT2D eigenvalue weighted by Crippen LogP contribution is -2.42. The molecule has 31 heavy (non-hydrogen) atoms. The molecule has 168 valence electrons. The number of ether oxygens (including phenoxy) is 1. The van der Waals surface area contributed by atoms with Crippen LogP contribution < -0.4 is 16.4 Å². The third kappa shape index (κ3) is 5.68. The average molecular weight is 466 g/mol. The first-order chi connectivity index (χ1) is 15.0. The summed E-state index contributed by atoms with van der Waals surface area (Å²) in [6.07, 6.45) is -0.299. The van der Waals surface area contributed by atoms with E-state index < -0.39 is 12.3 Å². The lowest BCUT2D eigenvalue weighted by atomic mass is 10.0. The first kappa shape index (κ1) is 22.3. The summed E-state index contributed by atoms with van der Waals surface area (Å²) in [5.74, 6) is -0.472. The van der Waals surface area contributed by atoms with Gasteiger partial charge in [-0.1, -0.05) is 11.6 Å². The van der Waals surface area contributed by atoms with Gasteiger partial charge in [-0.25, -0.2) is 0 Å². The molecule has 1 fully saturated rings. The van der Waals surface area contributed by atoms with Gasteiger partial charge in [0.25, 0.3) is 5.91 Å². The van der Waals surface area contributed by atoms with Gasteiger partial charge < -0.3 is 26.2 Å². The summed E-state index contributed by atoms with van der Waals surface area (Å²) in [7, 11) is 0. The predicted octanol–water partition coefficient (Wildman–Crippen LogP) is 1.99. The highest BCUT2D eigenvalue weighted by atomic mass is 35.5. The maximum atomic E-state index is 12.2. The summed E-state index contributed by atoms with van der Waals surface area (Å²) in [6, 6.07) is 7.02. The number of halogens is 1. The van der Waals surface area contributed by atoms with Crippen LogP contribution in [0.3, 0.4) is 0 Å². The highest BCUT2D eigenvalue weighted by Crippen LogP contribution is 2.37. The molecule has 0 spiro atoms. The fourth-order valence-electron chi connectivity index (χ4n) is 3.98. The standard InChI is InChI=1S/C21H28ClN5O3S/c22-14-1-3-15(4-2-14)24-21(29)25-20-18(19(23)28)16-5-6-27(13-17(16)31-20)8-7-26-9-11-30-12-10-26/h1-4,21,24-25,29H,5-13H2,(H2,23,28). The number of benzene rings is 1. The van der Waals surface area contributed by atoms with Crippen molar-refractivity contribution in [3.05, 3.63) is 45.3 Å². The molecule has 4 rings (SSSR count). The van der Waals surface area contributed by atoms with E-state index in [1.54, 1.807) is 24.3 Å². The number of anilines is 2. The van der Waals surface area contributed by atoms with Crippen LogP contribution >= 0.6 is 22.9 Å². The normalized spacial score (nSPS) is 18.4. The highest BCUT2D eigenvalue weighted by molar-refractivity contribution is 7.16. The van der Waals surface area contributed by atoms with Gasteiger partial charge in [0, 0.05) is 54.9 Å². The number of carbonyl (C=O) groups is 1. The van der Waals surface area contributed by atoms with Crippen molar-refractivity contribution in [1.82, 2.24) is 9.80 Å². The molecule has 5 N–H and O–H groups in total. The molecule has 8 nitrogen and oxygen atoms in total. The number of nitrogens with zero attached hydrogens (tertiary/aromatic N) is 2. The summed E-state index contributed by atoms with van der Waals surface area (Å²) in [6.45, 7) is 7.24. The van der Waals surface area contributed by atoms with E-state index in [0.717, 1.165) is 69.3 Å². The summed E-state index contributed by atoms with van der Waals surface area (Å²) in [4.78, 5) is 18.1. The van der Waals surface area contributed by atoms with Crippen LogP contribution in [-0.2, 0) is 17.7 Å². The van der Waals surface area contributed by atoms with Crippen LogP contribution in [0.15, 0.2) is 24.3 Å². The highest BCUT2D eigenvalue weighted by Gasteiger charge is 2.28. The molecule has 0 saturated carbocycles. The van der Waals surface area contributed by atoms with Crippen molar-refractivity contribution in [1.29, 1.82) is 0 Å². The Morgan fingerprint density at radius 3 is 2.58 bits per heavy atom. The van der Waals surface area contributed by atoms with E-state index in [4.69, 9.17) is 22.1 Å². The van der Waals surface area contributed by atoms with Crippen LogP contribution in [0.5, 0.6) is 0 Å². The van der Waals surface area contributed by atoms with Gasteiger partial charge in [0.15, 0.2) is 0 Å². The topological polar surface area (TPSA) is 103 Å². The van der Waals surface area contributed by atoms with Gasteiger partial charge >= 0.3 is 0 Å². The van der Waals surface area contributed by atoms with Gasteiger partial charge in [0.1, 0.15) is 5.00 Å². The molecule has 1 atom stereocenters. The smallest absolute Gasteiger partial charge is 0.251 e. The number of aliphatic hydroxyl groups excluding tert-OH is 1. The number of aliphatic hydroxyl groups is 1. The van der Waals surface area contributed by atoms with E-state index in [1.807, 2.05) is 0 Å². The van der Waals surface area contributed by atoms with E-state index in [-0.39, 0.29) is 0 Å². The number of nitrogens with one attached hydrogen (secondary N) is 2. The lowest BCUT2D eigenvalue weighted by Gasteiger charge is -2.31. The number of rotatable bonds is 8. The Morgan fingerprint density at radius 1 is 1.16 bits per heavy atom. The number of primary amides is 1. The number of carbonyl (C=O) groups excluding carboxylic acids is 1. The molecule has 1 unspecified atom stereocenters. The van der Waals surface area contributed by atoms with E-state index >= 15 is 0 Å². The Labute approximate surface area is 190 Å². The number of amides is 1. The van der Waals surface area contributed by atoms with Crippen LogP contribution in [0, 0.1) is 0 Å². The summed E-state index contributed by atoms with van der Waals surface area (Å²) >= 11 is 7.39. The molecule has 1 aromatic heterocycles. The van der Waals surface area contributed by atoms with Crippen molar-refractivity contribution in [3.63, 3.8) is 0 Å². The molecular formula is C21H28ClN5O3S. The fourth-order valence-corrected chi connectivity index (χ4v) is 5.42. The number of thiophene rings is 1. The second-order valence-corrected chi connectivity index (χ2v) is 9.29. The van der Waals surface area contributed by atoms with Gasteiger partial charge in [-0.15, -0.1) is 11.3 Å². The lowest BCUT2D eigenvalue weighted by molar-refractivity contribution is 0.0327. The molecule has 0 bridgehead atoms. The zero-order valence-corrected chi connectivity index (χ0v) is 18.8. The van der Waals surface area contributed by atoms with Crippen LogP contribution in [0.2, 0.25) is 5.02 Å². The van der Waals surface area contributed by atoms with Crippen LogP contribution in [0.25, 0.3) is 0 Å². The molecule has 10 heteroatoms. The second kappa shape index (κ2) is 10.2. The minimum Gasteiger partial charge on any atom is -0.379 e. The maximum absolute atomic E-state index is 12.2. The molecule has 3 heterocycles. The molecule has 2 aliphatic heterocycles. The Balaban J connectivity index is 1.40. The van der Waals surface area contributed by atoms with Crippen molar-refractivity contribution in [3.8, 4) is 0 Å². The summed E-state index contributed by atoms with van der Waals surface area (Å²) in [5.41, 5.74) is 7.90. The number of hydrogen-bond donors (Lipinski definition) is 4. The quantitative estimate of drug-likeness (QED) is 0.442. The molecule has 1 aromatic carbocycles. The first-order valence-corrected chi connectivity index (χ1v) is 11.6. The van der Waals surface area contributed by atoms with E-state index in [0.29, 0.717) is 21.3 Å². The minimum atomic E-state index is -1.07. The second-order valence-electron chi connectivity index (χ2n) is 7.75. The van der Waals surface area contributed by atoms with Gasteiger partial charge in [0.2, 0.25) is 6.35 Å². The minimum absolute atomic E-state index is 0.472. The van der Waals surface area contributed by atoms with Gasteiger partial charge in [0.05, 0.1) is 18.8 Å². The zero-order chi connectivity index (χ0) is 21.8. The largest absolute Gasteiger partial charge is 0.379 e. The SMILES string of the molecule is NC(=O)c1c(NC(O)Nc2ccc(Cl)cc2)sc2c1CCN(CCN1CCOCC1)C2. The number of nitrogens with two attached hydrogens (primary N) is 1. The number of morpholine rings is 1. The monoisotopic (exact) mass is 465 g/mol. The Kier molecular flexibility index (Phi) is 7.31. The molecule has 1 amide bonds. The Morgan fingerprint density at radius 2 is 1.87 bits per heavy atom. The zero-order valence-electron chi connectivity index (χ0n) is 17.3.